The SMILES string of the molecule is CC1CN(C(=O)NCCCC(=O)O)CCO1. The number of hydrogen-bond donors (Lipinski definition) is 2. The van der Waals surface area contributed by atoms with E-state index in [0.29, 0.717) is 32.7 Å². The van der Waals surface area contributed by atoms with Crippen LogP contribution in [0.5, 0.6) is 0 Å². The van der Waals surface area contributed by atoms with Gasteiger partial charge in [-0.05, 0) is 13.3 Å². The van der Waals surface area contributed by atoms with Gasteiger partial charge < -0.3 is 20.1 Å². The second-order valence-electron chi connectivity index (χ2n) is 3.86. The van der Waals surface area contributed by atoms with Crippen molar-refractivity contribution in [3.63, 3.8) is 0 Å². The van der Waals surface area contributed by atoms with Crippen molar-refractivity contribution in [2.45, 2.75) is 25.9 Å². The third kappa shape index (κ3) is 4.48. The van der Waals surface area contributed by atoms with Crippen LogP contribution < -0.4 is 5.32 Å². The van der Waals surface area contributed by atoms with E-state index in [-0.39, 0.29) is 18.6 Å². The fraction of sp³-hybridized carbons (Fsp3) is 0.800. The second-order valence-corrected chi connectivity index (χ2v) is 3.86. The number of carbonyl (C=O) groups excluding carboxylic acids is 1. The summed E-state index contributed by atoms with van der Waals surface area (Å²) < 4.78 is 5.32. The fourth-order valence-electron chi connectivity index (χ4n) is 1.55. The van der Waals surface area contributed by atoms with Crippen LogP contribution in [-0.4, -0.2) is 54.4 Å². The summed E-state index contributed by atoms with van der Waals surface area (Å²) >= 11 is 0. The Morgan fingerprint density at radius 2 is 2.31 bits per heavy atom. The zero-order valence-electron chi connectivity index (χ0n) is 9.44. The molecule has 1 heterocycles. The Balaban J connectivity index is 2.16. The average molecular weight is 230 g/mol. The highest BCUT2D eigenvalue weighted by molar-refractivity contribution is 5.74. The fourth-order valence-corrected chi connectivity index (χ4v) is 1.55. The monoisotopic (exact) mass is 230 g/mol. The lowest BCUT2D eigenvalue weighted by Crippen LogP contribution is -2.49. The van der Waals surface area contributed by atoms with Gasteiger partial charge in [-0.1, -0.05) is 0 Å². The average Bonchev–Trinajstić information content (AvgIpc) is 2.24. The number of carboxylic acids is 1. The van der Waals surface area contributed by atoms with Gasteiger partial charge in [0.15, 0.2) is 0 Å². The molecule has 0 aromatic rings. The summed E-state index contributed by atoms with van der Waals surface area (Å²) in [7, 11) is 0. The number of nitrogens with one attached hydrogen (secondary N) is 1. The van der Waals surface area contributed by atoms with Crippen LogP contribution in [0.1, 0.15) is 19.8 Å². The summed E-state index contributed by atoms with van der Waals surface area (Å²) in [6.45, 7) is 4.06. The Bertz CT molecular complexity index is 257. The van der Waals surface area contributed by atoms with Gasteiger partial charge in [0.1, 0.15) is 0 Å². The van der Waals surface area contributed by atoms with Crippen molar-refractivity contribution in [3.05, 3.63) is 0 Å². The first-order valence-corrected chi connectivity index (χ1v) is 5.46. The predicted molar refractivity (Wildman–Crippen MR) is 57.3 cm³/mol. The van der Waals surface area contributed by atoms with Gasteiger partial charge in [-0.3, -0.25) is 4.79 Å². The smallest absolute Gasteiger partial charge is 0.317 e. The van der Waals surface area contributed by atoms with Crippen molar-refractivity contribution in [3.8, 4) is 0 Å². The van der Waals surface area contributed by atoms with Crippen molar-refractivity contribution in [2.24, 2.45) is 0 Å². The Labute approximate surface area is 94.6 Å². The van der Waals surface area contributed by atoms with Crippen LogP contribution >= 0.6 is 0 Å². The van der Waals surface area contributed by atoms with E-state index < -0.39 is 5.97 Å². The molecule has 0 aromatic carbocycles. The number of carboxylic acid groups (broad SMARTS) is 1. The summed E-state index contributed by atoms with van der Waals surface area (Å²) in [5.74, 6) is -0.839. The van der Waals surface area contributed by atoms with E-state index in [0.717, 1.165) is 0 Å². The summed E-state index contributed by atoms with van der Waals surface area (Å²) in [5, 5.41) is 11.1. The third-order valence-corrected chi connectivity index (χ3v) is 2.37. The molecular formula is C10H18N2O4. The molecule has 0 aromatic heterocycles. The molecular weight excluding hydrogens is 212 g/mol. The largest absolute Gasteiger partial charge is 0.481 e. The van der Waals surface area contributed by atoms with Gasteiger partial charge in [-0.2, -0.15) is 0 Å². The Morgan fingerprint density at radius 3 is 2.94 bits per heavy atom. The number of rotatable bonds is 4. The number of nitrogens with zero attached hydrogens (tertiary/aromatic N) is 1. The minimum Gasteiger partial charge on any atom is -0.481 e. The van der Waals surface area contributed by atoms with Crippen molar-refractivity contribution in [1.82, 2.24) is 10.2 Å². The van der Waals surface area contributed by atoms with E-state index in [1.807, 2.05) is 6.92 Å². The molecule has 2 amide bonds. The van der Waals surface area contributed by atoms with Crippen LogP contribution in [0, 0.1) is 0 Å². The summed E-state index contributed by atoms with van der Waals surface area (Å²) in [6.07, 6.45) is 0.610. The maximum absolute atomic E-state index is 11.6. The normalized spacial score (nSPS) is 20.6. The number of carbonyl (C=O) groups is 2. The van der Waals surface area contributed by atoms with E-state index in [1.54, 1.807) is 4.90 Å². The first-order chi connectivity index (χ1) is 7.59. The van der Waals surface area contributed by atoms with Crippen molar-refractivity contribution in [2.75, 3.05) is 26.2 Å². The van der Waals surface area contributed by atoms with Crippen molar-refractivity contribution in [1.29, 1.82) is 0 Å². The zero-order valence-corrected chi connectivity index (χ0v) is 9.44. The first kappa shape index (κ1) is 12.8. The minimum absolute atomic E-state index is 0.0681. The molecule has 1 fully saturated rings. The second kappa shape index (κ2) is 6.32. The third-order valence-electron chi connectivity index (χ3n) is 2.37. The van der Waals surface area contributed by atoms with Crippen molar-refractivity contribution < 1.29 is 19.4 Å². The Morgan fingerprint density at radius 1 is 1.56 bits per heavy atom. The highest BCUT2D eigenvalue weighted by Crippen LogP contribution is 2.04. The summed E-state index contributed by atoms with van der Waals surface area (Å²) in [5.41, 5.74) is 0. The molecule has 0 saturated carbocycles. The molecule has 0 radical (unpaired) electrons. The molecule has 2 N–H and O–H groups in total. The van der Waals surface area contributed by atoms with Crippen LogP contribution in [0.25, 0.3) is 0 Å². The van der Waals surface area contributed by atoms with Gasteiger partial charge in [0.2, 0.25) is 0 Å². The molecule has 6 nitrogen and oxygen atoms in total. The lowest BCUT2D eigenvalue weighted by Gasteiger charge is -2.31. The summed E-state index contributed by atoms with van der Waals surface area (Å²) in [4.78, 5) is 23.5. The van der Waals surface area contributed by atoms with Crippen molar-refractivity contribution >= 4 is 12.0 Å². The number of ether oxygens (including phenoxy) is 1. The molecule has 1 rings (SSSR count). The van der Waals surface area contributed by atoms with E-state index in [9.17, 15) is 9.59 Å². The van der Waals surface area contributed by atoms with E-state index in [1.165, 1.54) is 0 Å². The number of hydrogen-bond acceptors (Lipinski definition) is 3. The molecule has 16 heavy (non-hydrogen) atoms. The molecule has 6 heteroatoms. The molecule has 0 bridgehead atoms. The van der Waals surface area contributed by atoms with Crippen LogP contribution in [-0.2, 0) is 9.53 Å². The molecule has 1 aliphatic rings. The maximum Gasteiger partial charge on any atom is 0.317 e. The number of morpholine rings is 1. The molecule has 0 aliphatic carbocycles. The van der Waals surface area contributed by atoms with Gasteiger partial charge in [-0.15, -0.1) is 0 Å². The van der Waals surface area contributed by atoms with Gasteiger partial charge in [-0.25, -0.2) is 4.79 Å². The van der Waals surface area contributed by atoms with Crippen LogP contribution in [0.2, 0.25) is 0 Å². The molecule has 1 aliphatic heterocycles. The number of amides is 2. The Hall–Kier alpha value is -1.30. The van der Waals surface area contributed by atoms with Gasteiger partial charge in [0.25, 0.3) is 0 Å². The van der Waals surface area contributed by atoms with E-state index >= 15 is 0 Å². The highest BCUT2D eigenvalue weighted by atomic mass is 16.5. The minimum atomic E-state index is -0.839. The highest BCUT2D eigenvalue weighted by Gasteiger charge is 2.20. The van der Waals surface area contributed by atoms with Gasteiger partial charge in [0.05, 0.1) is 12.7 Å². The number of aliphatic carboxylic acids is 1. The van der Waals surface area contributed by atoms with Crippen LogP contribution in [0.4, 0.5) is 4.79 Å². The topological polar surface area (TPSA) is 78.9 Å². The molecule has 0 spiro atoms. The first-order valence-electron chi connectivity index (χ1n) is 5.46. The standard InChI is InChI=1S/C10H18N2O4/c1-8-7-12(5-6-16-8)10(15)11-4-2-3-9(13)14/h8H,2-7H2,1H3,(H,11,15)(H,13,14). The predicted octanol–water partition coefficient (Wildman–Crippen LogP) is 0.281. The zero-order chi connectivity index (χ0) is 12.0. The molecule has 1 unspecified atom stereocenters. The van der Waals surface area contributed by atoms with E-state index in [2.05, 4.69) is 5.32 Å². The lowest BCUT2D eigenvalue weighted by atomic mass is 10.3. The quantitative estimate of drug-likeness (QED) is 0.680. The van der Waals surface area contributed by atoms with E-state index in [4.69, 9.17) is 9.84 Å². The van der Waals surface area contributed by atoms with Crippen LogP contribution in [0.15, 0.2) is 0 Å². The van der Waals surface area contributed by atoms with Gasteiger partial charge in [0, 0.05) is 26.1 Å². The molecule has 1 atom stereocenters. The Kier molecular flexibility index (Phi) is 5.04. The maximum atomic E-state index is 11.6. The number of urea groups is 1. The molecule has 92 valence electrons. The molecule has 1 saturated heterocycles. The lowest BCUT2D eigenvalue weighted by molar-refractivity contribution is -0.137. The van der Waals surface area contributed by atoms with Crippen LogP contribution in [0.3, 0.4) is 0 Å². The summed E-state index contributed by atoms with van der Waals surface area (Å²) in [6, 6.07) is -0.138. The van der Waals surface area contributed by atoms with Gasteiger partial charge >= 0.3 is 12.0 Å².